The average Bonchev–Trinajstić information content (AvgIpc) is 2.87. The van der Waals surface area contributed by atoms with Crippen molar-refractivity contribution in [2.75, 3.05) is 13.7 Å². The number of amides is 1. The van der Waals surface area contributed by atoms with Crippen LogP contribution in [0, 0.1) is 12.3 Å². The Balaban J connectivity index is 2.25. The number of fused-ring (bicyclic) bond motifs is 3. The van der Waals surface area contributed by atoms with E-state index in [1.165, 1.54) is 11.3 Å². The highest BCUT2D eigenvalue weighted by Crippen LogP contribution is 2.42. The number of carbonyl (C=O) groups excluding carboxylic acids is 1. The maximum atomic E-state index is 11.4. The Morgan fingerprint density at radius 2 is 2.43 bits per heavy atom. The van der Waals surface area contributed by atoms with E-state index >= 15 is 0 Å². The Labute approximate surface area is 125 Å². The van der Waals surface area contributed by atoms with Crippen molar-refractivity contribution in [3.05, 3.63) is 33.6 Å². The van der Waals surface area contributed by atoms with Gasteiger partial charge in [0.05, 0.1) is 10.6 Å². The van der Waals surface area contributed by atoms with Gasteiger partial charge >= 0.3 is 0 Å². The molecule has 106 valence electrons. The van der Waals surface area contributed by atoms with Gasteiger partial charge in [-0.2, -0.15) is 0 Å². The minimum Gasteiger partial charge on any atom is -0.490 e. The number of nitrogens with two attached hydrogens (primary N) is 1. The first-order valence-electron chi connectivity index (χ1n) is 6.21. The number of ether oxygens (including phenoxy) is 2. The standard InChI is InChI=1S/C15H12N2O3S/c1-3-8-4-5-10-9(6-8)12-13(11(19-2)7-20-10)21-15(17-12)14(16)18/h1,4-6,11H,7H2,2H3,(H2,16,18). The molecule has 2 heterocycles. The molecule has 0 aliphatic carbocycles. The van der Waals surface area contributed by atoms with Crippen LogP contribution in [-0.2, 0) is 4.74 Å². The summed E-state index contributed by atoms with van der Waals surface area (Å²) in [6, 6.07) is 5.42. The number of nitrogens with zero attached hydrogens (tertiary/aromatic N) is 1. The fraction of sp³-hybridized carbons (Fsp3) is 0.200. The van der Waals surface area contributed by atoms with Gasteiger partial charge in [0.1, 0.15) is 18.5 Å². The van der Waals surface area contributed by atoms with E-state index in [0.29, 0.717) is 23.6 Å². The number of rotatable bonds is 2. The number of benzene rings is 1. The highest BCUT2D eigenvalue weighted by Gasteiger charge is 2.28. The Hall–Kier alpha value is -2.36. The van der Waals surface area contributed by atoms with E-state index in [9.17, 15) is 4.79 Å². The number of hydrogen-bond acceptors (Lipinski definition) is 5. The average molecular weight is 300 g/mol. The van der Waals surface area contributed by atoms with Crippen molar-refractivity contribution >= 4 is 17.2 Å². The number of hydrogen-bond donors (Lipinski definition) is 1. The minimum absolute atomic E-state index is 0.251. The normalized spacial score (nSPS) is 16.1. The van der Waals surface area contributed by atoms with Crippen LogP contribution >= 0.6 is 11.3 Å². The van der Waals surface area contributed by atoms with Crippen LogP contribution in [0.15, 0.2) is 18.2 Å². The fourth-order valence-electron chi connectivity index (χ4n) is 2.20. The Morgan fingerprint density at radius 3 is 3.10 bits per heavy atom. The third-order valence-electron chi connectivity index (χ3n) is 3.23. The molecular formula is C15H12N2O3S. The first-order valence-corrected chi connectivity index (χ1v) is 7.03. The smallest absolute Gasteiger partial charge is 0.277 e. The van der Waals surface area contributed by atoms with Crippen molar-refractivity contribution in [1.82, 2.24) is 4.98 Å². The third kappa shape index (κ3) is 2.27. The van der Waals surface area contributed by atoms with E-state index < -0.39 is 5.91 Å². The summed E-state index contributed by atoms with van der Waals surface area (Å²) in [5.41, 5.74) is 7.45. The van der Waals surface area contributed by atoms with Crippen molar-refractivity contribution in [1.29, 1.82) is 0 Å². The molecule has 1 unspecified atom stereocenters. The minimum atomic E-state index is -0.557. The van der Waals surface area contributed by atoms with E-state index in [2.05, 4.69) is 10.9 Å². The van der Waals surface area contributed by atoms with Crippen LogP contribution in [0.2, 0.25) is 0 Å². The summed E-state index contributed by atoms with van der Waals surface area (Å²) < 4.78 is 11.2. The van der Waals surface area contributed by atoms with E-state index in [1.807, 2.05) is 6.07 Å². The van der Waals surface area contributed by atoms with Crippen LogP contribution in [0.1, 0.15) is 26.3 Å². The number of thiazole rings is 1. The molecule has 0 bridgehead atoms. The van der Waals surface area contributed by atoms with Crippen molar-refractivity contribution in [3.63, 3.8) is 0 Å². The summed E-state index contributed by atoms with van der Waals surface area (Å²) in [7, 11) is 1.59. The van der Waals surface area contributed by atoms with Crippen LogP contribution in [0.4, 0.5) is 0 Å². The lowest BCUT2D eigenvalue weighted by Gasteiger charge is -2.11. The van der Waals surface area contributed by atoms with Gasteiger partial charge in [-0.3, -0.25) is 4.79 Å². The maximum absolute atomic E-state index is 11.4. The molecule has 0 spiro atoms. The number of methoxy groups -OCH3 is 1. The topological polar surface area (TPSA) is 74.4 Å². The molecule has 5 nitrogen and oxygen atoms in total. The molecule has 1 aromatic heterocycles. The molecule has 2 N–H and O–H groups in total. The summed E-state index contributed by atoms with van der Waals surface area (Å²) in [5.74, 6) is 2.69. The van der Waals surface area contributed by atoms with Gasteiger partial charge < -0.3 is 15.2 Å². The molecule has 0 fully saturated rings. The third-order valence-corrected chi connectivity index (χ3v) is 4.39. The molecule has 0 saturated heterocycles. The lowest BCUT2D eigenvalue weighted by Crippen LogP contribution is -2.11. The summed E-state index contributed by atoms with van der Waals surface area (Å²) in [6.45, 7) is 0.340. The van der Waals surface area contributed by atoms with Gasteiger partial charge in [0, 0.05) is 18.2 Å². The van der Waals surface area contributed by atoms with Crippen molar-refractivity contribution in [2.24, 2.45) is 5.73 Å². The van der Waals surface area contributed by atoms with Gasteiger partial charge in [-0.25, -0.2) is 4.98 Å². The Morgan fingerprint density at radius 1 is 1.62 bits per heavy atom. The van der Waals surface area contributed by atoms with Gasteiger partial charge in [0.15, 0.2) is 5.01 Å². The zero-order valence-electron chi connectivity index (χ0n) is 11.3. The van der Waals surface area contributed by atoms with Crippen LogP contribution in [0.3, 0.4) is 0 Å². The van der Waals surface area contributed by atoms with Crippen LogP contribution < -0.4 is 10.5 Å². The lowest BCUT2D eigenvalue weighted by atomic mass is 10.1. The zero-order chi connectivity index (χ0) is 15.0. The SMILES string of the molecule is C#Cc1ccc2c(c1)-c1nc(C(N)=O)sc1C(OC)CO2. The Kier molecular flexibility index (Phi) is 3.37. The summed E-state index contributed by atoms with van der Waals surface area (Å²) in [6.07, 6.45) is 5.14. The molecule has 1 atom stereocenters. The van der Waals surface area contributed by atoms with E-state index in [1.54, 1.807) is 19.2 Å². The van der Waals surface area contributed by atoms with E-state index in [4.69, 9.17) is 21.6 Å². The number of terminal acetylenes is 1. The molecule has 2 aromatic rings. The monoisotopic (exact) mass is 300 g/mol. The predicted molar refractivity (Wildman–Crippen MR) is 79.2 cm³/mol. The van der Waals surface area contributed by atoms with Crippen LogP contribution in [0.5, 0.6) is 5.75 Å². The summed E-state index contributed by atoms with van der Waals surface area (Å²) in [5, 5.41) is 0.251. The largest absolute Gasteiger partial charge is 0.490 e. The van der Waals surface area contributed by atoms with Gasteiger partial charge in [0.2, 0.25) is 0 Å². The molecular weight excluding hydrogens is 288 g/mol. The molecule has 6 heteroatoms. The van der Waals surface area contributed by atoms with E-state index in [0.717, 1.165) is 10.4 Å². The van der Waals surface area contributed by atoms with Crippen LogP contribution in [-0.4, -0.2) is 24.6 Å². The summed E-state index contributed by atoms with van der Waals surface area (Å²) in [4.78, 5) is 16.6. The first-order chi connectivity index (χ1) is 10.1. The second-order valence-corrected chi connectivity index (χ2v) is 5.52. The maximum Gasteiger partial charge on any atom is 0.277 e. The van der Waals surface area contributed by atoms with Gasteiger partial charge in [0.25, 0.3) is 5.91 Å². The van der Waals surface area contributed by atoms with Gasteiger partial charge in [-0.15, -0.1) is 17.8 Å². The predicted octanol–water partition coefficient (Wildman–Crippen LogP) is 1.97. The summed E-state index contributed by atoms with van der Waals surface area (Å²) >= 11 is 1.22. The van der Waals surface area contributed by atoms with Crippen molar-refractivity contribution < 1.29 is 14.3 Å². The van der Waals surface area contributed by atoms with Crippen LogP contribution in [0.25, 0.3) is 11.3 Å². The molecule has 1 aliphatic heterocycles. The molecule has 3 rings (SSSR count). The van der Waals surface area contributed by atoms with Gasteiger partial charge in [-0.05, 0) is 18.2 Å². The van der Waals surface area contributed by atoms with E-state index in [-0.39, 0.29) is 11.1 Å². The molecule has 0 radical (unpaired) electrons. The lowest BCUT2D eigenvalue weighted by molar-refractivity contribution is 0.0623. The molecule has 1 aliphatic rings. The first kappa shape index (κ1) is 13.6. The van der Waals surface area contributed by atoms with Crippen molar-refractivity contribution in [2.45, 2.75) is 6.10 Å². The highest BCUT2D eigenvalue weighted by molar-refractivity contribution is 7.14. The number of aromatic nitrogens is 1. The quantitative estimate of drug-likeness (QED) is 0.860. The highest BCUT2D eigenvalue weighted by atomic mass is 32.1. The number of primary amides is 1. The molecule has 0 saturated carbocycles. The second-order valence-electron chi connectivity index (χ2n) is 4.49. The number of carbonyl (C=O) groups is 1. The molecule has 21 heavy (non-hydrogen) atoms. The van der Waals surface area contributed by atoms with Crippen molar-refractivity contribution in [3.8, 4) is 29.4 Å². The Bertz CT molecular complexity index is 761. The second kappa shape index (κ2) is 5.20. The molecule has 1 aromatic carbocycles. The van der Waals surface area contributed by atoms with Gasteiger partial charge in [-0.1, -0.05) is 5.92 Å². The molecule has 1 amide bonds. The fourth-order valence-corrected chi connectivity index (χ4v) is 3.19. The zero-order valence-corrected chi connectivity index (χ0v) is 12.1.